The van der Waals surface area contributed by atoms with E-state index in [1.165, 1.54) is 0 Å². The number of aryl methyl sites for hydroxylation is 1. The van der Waals surface area contributed by atoms with Crippen molar-refractivity contribution in [2.45, 2.75) is 6.92 Å². The van der Waals surface area contributed by atoms with Crippen molar-refractivity contribution >= 4 is 46.5 Å². The smallest absolute Gasteiger partial charge is 0.220 e. The molecule has 0 atom stereocenters. The lowest BCUT2D eigenvalue weighted by molar-refractivity contribution is 0.590. The molecule has 0 aliphatic rings. The second kappa shape index (κ2) is 8.06. The van der Waals surface area contributed by atoms with E-state index in [-0.39, 0.29) is 0 Å². The Morgan fingerprint density at radius 3 is 2.42 bits per heavy atom. The summed E-state index contributed by atoms with van der Waals surface area (Å²) in [5.41, 5.74) is 6.23. The largest absolute Gasteiger partial charge is 0.437 e. The second-order valence-electron chi connectivity index (χ2n) is 7.11. The number of halogens is 2. The van der Waals surface area contributed by atoms with Gasteiger partial charge in [0.15, 0.2) is 5.58 Å². The van der Waals surface area contributed by atoms with Gasteiger partial charge >= 0.3 is 0 Å². The van der Waals surface area contributed by atoms with Crippen LogP contribution in [-0.2, 0) is 0 Å². The maximum atomic E-state index is 6.60. The lowest BCUT2D eigenvalue weighted by atomic mass is 10.1. The fourth-order valence-corrected chi connectivity index (χ4v) is 3.90. The van der Waals surface area contributed by atoms with Gasteiger partial charge in [0, 0.05) is 16.7 Å². The minimum absolute atomic E-state index is 0.509. The maximum Gasteiger partial charge on any atom is 0.220 e. The lowest BCUT2D eigenvalue weighted by Crippen LogP contribution is -1.96. The van der Waals surface area contributed by atoms with E-state index >= 15 is 0 Å². The number of fused-ring (bicyclic) bond motifs is 1. The van der Waals surface area contributed by atoms with Gasteiger partial charge in [0.25, 0.3) is 0 Å². The number of benzene rings is 3. The molecule has 0 amide bonds. The summed E-state index contributed by atoms with van der Waals surface area (Å²) in [6, 6.07) is 23.6. The van der Waals surface area contributed by atoms with Crippen LogP contribution >= 0.6 is 23.2 Å². The van der Waals surface area contributed by atoms with E-state index in [9.17, 15) is 0 Å². The third-order valence-corrected chi connectivity index (χ3v) is 5.64. The normalized spacial score (nSPS) is 11.6. The van der Waals surface area contributed by atoms with Crippen LogP contribution < -0.4 is 0 Å². The first-order valence-corrected chi connectivity index (χ1v) is 10.5. The van der Waals surface area contributed by atoms with E-state index in [1.54, 1.807) is 4.68 Å². The molecule has 0 aliphatic carbocycles. The summed E-state index contributed by atoms with van der Waals surface area (Å²) < 4.78 is 7.57. The van der Waals surface area contributed by atoms with E-state index in [0.29, 0.717) is 16.1 Å². The maximum absolute atomic E-state index is 6.60. The molecule has 4 nitrogen and oxygen atoms in total. The fourth-order valence-electron chi connectivity index (χ4n) is 3.44. The molecule has 2 aromatic heterocycles. The molecule has 3 aromatic carbocycles. The molecule has 0 fully saturated rings. The van der Waals surface area contributed by atoms with Crippen LogP contribution in [0.2, 0.25) is 10.2 Å². The number of oxazole rings is 1. The Hall–Kier alpha value is -3.34. The van der Waals surface area contributed by atoms with Gasteiger partial charge in [-0.1, -0.05) is 59.6 Å². The minimum atomic E-state index is 0.509. The summed E-state index contributed by atoms with van der Waals surface area (Å²) in [7, 11) is 0. The molecule has 2 heterocycles. The van der Waals surface area contributed by atoms with Crippen molar-refractivity contribution in [3.8, 4) is 16.8 Å². The first-order valence-electron chi connectivity index (χ1n) is 9.74. The van der Waals surface area contributed by atoms with Crippen molar-refractivity contribution < 1.29 is 4.42 Å². The first kappa shape index (κ1) is 19.6. The van der Waals surface area contributed by atoms with Gasteiger partial charge in [0.2, 0.25) is 5.89 Å². The van der Waals surface area contributed by atoms with Crippen LogP contribution in [0.4, 0.5) is 0 Å². The van der Waals surface area contributed by atoms with E-state index in [4.69, 9.17) is 27.6 Å². The summed E-state index contributed by atoms with van der Waals surface area (Å²) in [6.07, 6.45) is 3.68. The number of nitrogens with zero attached hydrogens (tertiary/aromatic N) is 3. The molecular formula is C25H17Cl2N3O. The number of rotatable bonds is 4. The van der Waals surface area contributed by atoms with E-state index < -0.39 is 0 Å². The number of hydrogen-bond acceptors (Lipinski definition) is 3. The second-order valence-corrected chi connectivity index (χ2v) is 7.91. The van der Waals surface area contributed by atoms with Gasteiger partial charge in [-0.2, -0.15) is 5.10 Å². The highest BCUT2D eigenvalue weighted by Crippen LogP contribution is 2.28. The van der Waals surface area contributed by atoms with Crippen LogP contribution in [-0.4, -0.2) is 14.8 Å². The standard InChI is InChI=1S/C25H17Cl2N3O/c1-16-21(25(27)30(29-16)20-10-8-19(26)9-11-20)12-14-24-28-22-15-18(7-13-23(22)31-24)17-5-3-2-4-6-17/h2-15H,1H3/b14-12+. The van der Waals surface area contributed by atoms with E-state index in [2.05, 4.69) is 22.2 Å². The molecule has 0 saturated carbocycles. The van der Waals surface area contributed by atoms with Crippen LogP contribution in [0.5, 0.6) is 0 Å². The summed E-state index contributed by atoms with van der Waals surface area (Å²) >= 11 is 12.6. The molecule has 6 heteroatoms. The SMILES string of the molecule is Cc1nn(-c2ccc(Cl)cc2)c(Cl)c1/C=C/c1nc2cc(-c3ccccc3)ccc2o1. The molecule has 0 bridgehead atoms. The topological polar surface area (TPSA) is 43.9 Å². The van der Waals surface area contributed by atoms with Crippen molar-refractivity contribution in [2.24, 2.45) is 0 Å². The first-order chi connectivity index (χ1) is 15.1. The van der Waals surface area contributed by atoms with Crippen LogP contribution in [0.3, 0.4) is 0 Å². The molecule has 31 heavy (non-hydrogen) atoms. The van der Waals surface area contributed by atoms with Gasteiger partial charge in [-0.05, 0) is 60.5 Å². The van der Waals surface area contributed by atoms with Gasteiger partial charge in [-0.15, -0.1) is 0 Å². The Kier molecular flexibility index (Phi) is 5.10. The highest BCUT2D eigenvalue weighted by Gasteiger charge is 2.13. The predicted molar refractivity (Wildman–Crippen MR) is 127 cm³/mol. The highest BCUT2D eigenvalue weighted by molar-refractivity contribution is 6.31. The van der Waals surface area contributed by atoms with Gasteiger partial charge in [-0.3, -0.25) is 0 Å². The highest BCUT2D eigenvalue weighted by atomic mass is 35.5. The molecule has 0 radical (unpaired) electrons. The molecule has 0 unspecified atom stereocenters. The Morgan fingerprint density at radius 1 is 0.871 bits per heavy atom. The third-order valence-electron chi connectivity index (χ3n) is 5.02. The minimum Gasteiger partial charge on any atom is -0.437 e. The van der Waals surface area contributed by atoms with Crippen molar-refractivity contribution in [2.75, 3.05) is 0 Å². The Labute approximate surface area is 189 Å². The predicted octanol–water partition coefficient (Wildman–Crippen LogP) is 7.47. The van der Waals surface area contributed by atoms with Crippen LogP contribution in [0.15, 0.2) is 77.2 Å². The molecule has 5 aromatic rings. The van der Waals surface area contributed by atoms with Crippen molar-refractivity contribution in [3.05, 3.63) is 100 Å². The quantitative estimate of drug-likeness (QED) is 0.288. The Balaban J connectivity index is 1.46. The lowest BCUT2D eigenvalue weighted by Gasteiger charge is -2.02. The van der Waals surface area contributed by atoms with E-state index in [0.717, 1.165) is 39.2 Å². The summed E-state index contributed by atoms with van der Waals surface area (Å²) in [5.74, 6) is 0.509. The zero-order valence-corrected chi connectivity index (χ0v) is 18.1. The molecule has 0 spiro atoms. The zero-order valence-electron chi connectivity index (χ0n) is 16.6. The summed E-state index contributed by atoms with van der Waals surface area (Å²) in [4.78, 5) is 4.61. The molecule has 152 valence electrons. The zero-order chi connectivity index (χ0) is 21.4. The Bertz CT molecular complexity index is 1400. The summed E-state index contributed by atoms with van der Waals surface area (Å²) in [5, 5.41) is 5.72. The van der Waals surface area contributed by atoms with Crippen LogP contribution in [0.1, 0.15) is 17.1 Å². The van der Waals surface area contributed by atoms with Crippen molar-refractivity contribution in [3.63, 3.8) is 0 Å². The average Bonchev–Trinajstić information content (AvgIpc) is 3.33. The number of hydrogen-bond donors (Lipinski definition) is 0. The molecular weight excluding hydrogens is 429 g/mol. The van der Waals surface area contributed by atoms with Gasteiger partial charge in [0.1, 0.15) is 10.7 Å². The molecule has 5 rings (SSSR count). The molecule has 0 aliphatic heterocycles. The van der Waals surface area contributed by atoms with E-state index in [1.807, 2.05) is 79.7 Å². The Morgan fingerprint density at radius 2 is 1.65 bits per heavy atom. The van der Waals surface area contributed by atoms with Crippen LogP contribution in [0, 0.1) is 6.92 Å². The molecule has 0 saturated heterocycles. The third kappa shape index (κ3) is 3.88. The van der Waals surface area contributed by atoms with Gasteiger partial charge in [0.05, 0.1) is 11.4 Å². The van der Waals surface area contributed by atoms with Crippen LogP contribution in [0.25, 0.3) is 40.1 Å². The number of aromatic nitrogens is 3. The van der Waals surface area contributed by atoms with Crippen molar-refractivity contribution in [1.29, 1.82) is 0 Å². The van der Waals surface area contributed by atoms with Gasteiger partial charge < -0.3 is 4.42 Å². The van der Waals surface area contributed by atoms with Crippen molar-refractivity contribution in [1.82, 2.24) is 14.8 Å². The fraction of sp³-hybridized carbons (Fsp3) is 0.0400. The van der Waals surface area contributed by atoms with Gasteiger partial charge in [-0.25, -0.2) is 9.67 Å². The average molecular weight is 446 g/mol. The molecule has 0 N–H and O–H groups in total. The summed E-state index contributed by atoms with van der Waals surface area (Å²) in [6.45, 7) is 1.91. The monoisotopic (exact) mass is 445 g/mol.